The van der Waals surface area contributed by atoms with Crippen molar-refractivity contribution in [3.63, 3.8) is 0 Å². The summed E-state index contributed by atoms with van der Waals surface area (Å²) in [6.07, 6.45) is -3.34. The van der Waals surface area contributed by atoms with E-state index in [0.29, 0.717) is 28.0 Å². The van der Waals surface area contributed by atoms with Crippen molar-refractivity contribution in [1.82, 2.24) is 10.3 Å². The Morgan fingerprint density at radius 3 is 2.81 bits per heavy atom. The first kappa shape index (κ1) is 23.5. The molecule has 0 saturated heterocycles. The molecule has 1 N–H and O–H groups in total. The summed E-state index contributed by atoms with van der Waals surface area (Å²) >= 11 is 4.27. The van der Waals surface area contributed by atoms with Gasteiger partial charge in [0, 0.05) is 27.0 Å². The lowest BCUT2D eigenvalue weighted by Gasteiger charge is -2.14. The van der Waals surface area contributed by atoms with Gasteiger partial charge in [-0.05, 0) is 41.8 Å². The van der Waals surface area contributed by atoms with Crippen molar-refractivity contribution in [2.45, 2.75) is 34.8 Å². The summed E-state index contributed by atoms with van der Waals surface area (Å²) in [7, 11) is 0. The molecule has 1 aromatic carbocycles. The van der Waals surface area contributed by atoms with Crippen LogP contribution in [-0.2, 0) is 12.7 Å². The highest BCUT2D eigenvalue weighted by atomic mass is 32.2. The van der Waals surface area contributed by atoms with Crippen LogP contribution in [0.1, 0.15) is 17.4 Å². The molecule has 31 heavy (non-hydrogen) atoms. The minimum absolute atomic E-state index is 0.0102. The SMILES string of the molecule is CC(CSc1ncccc1OC(=O)NCc1cccs1)Sc1cccc(C(F)(F)F)c1. The van der Waals surface area contributed by atoms with Gasteiger partial charge in [-0.3, -0.25) is 0 Å². The van der Waals surface area contributed by atoms with Crippen molar-refractivity contribution in [2.24, 2.45) is 0 Å². The predicted molar refractivity (Wildman–Crippen MR) is 119 cm³/mol. The number of carbonyl (C=O) groups excluding carboxylic acids is 1. The average Bonchev–Trinajstić information content (AvgIpc) is 3.25. The first-order valence-electron chi connectivity index (χ1n) is 9.21. The summed E-state index contributed by atoms with van der Waals surface area (Å²) < 4.78 is 44.1. The molecular weight excluding hydrogens is 465 g/mol. The highest BCUT2D eigenvalue weighted by Crippen LogP contribution is 2.35. The van der Waals surface area contributed by atoms with Crippen molar-refractivity contribution in [3.05, 3.63) is 70.5 Å². The van der Waals surface area contributed by atoms with Crippen LogP contribution in [0.4, 0.5) is 18.0 Å². The summed E-state index contributed by atoms with van der Waals surface area (Å²) in [6.45, 7) is 2.30. The van der Waals surface area contributed by atoms with Gasteiger partial charge in [-0.15, -0.1) is 34.9 Å². The number of ether oxygens (including phenoxy) is 1. The van der Waals surface area contributed by atoms with Crippen molar-refractivity contribution in [1.29, 1.82) is 0 Å². The van der Waals surface area contributed by atoms with E-state index in [9.17, 15) is 18.0 Å². The zero-order valence-corrected chi connectivity index (χ0v) is 18.8. The zero-order chi connectivity index (χ0) is 22.3. The van der Waals surface area contributed by atoms with Crippen LogP contribution in [0.15, 0.2) is 70.0 Å². The number of halogens is 3. The molecule has 164 valence electrons. The first-order chi connectivity index (χ1) is 14.8. The molecule has 3 aromatic rings. The molecule has 0 spiro atoms. The van der Waals surface area contributed by atoms with Crippen LogP contribution in [-0.4, -0.2) is 22.1 Å². The molecule has 0 radical (unpaired) electrons. The number of pyridine rings is 1. The number of carbonyl (C=O) groups is 1. The Balaban J connectivity index is 1.54. The summed E-state index contributed by atoms with van der Waals surface area (Å²) in [6, 6.07) is 12.4. The van der Waals surface area contributed by atoms with Crippen molar-refractivity contribution in [2.75, 3.05) is 5.75 Å². The summed E-state index contributed by atoms with van der Waals surface area (Å²) in [5, 5.41) is 5.18. The molecule has 3 rings (SSSR count). The van der Waals surface area contributed by atoms with E-state index in [0.717, 1.165) is 17.0 Å². The number of benzene rings is 1. The second kappa shape index (κ2) is 10.9. The number of alkyl halides is 3. The maximum atomic E-state index is 12.9. The molecule has 0 aliphatic rings. The number of aromatic nitrogens is 1. The van der Waals surface area contributed by atoms with Crippen LogP contribution < -0.4 is 10.1 Å². The topological polar surface area (TPSA) is 51.2 Å². The minimum Gasteiger partial charge on any atom is -0.407 e. The number of amides is 1. The van der Waals surface area contributed by atoms with Crippen LogP contribution in [0.5, 0.6) is 5.75 Å². The van der Waals surface area contributed by atoms with E-state index < -0.39 is 17.8 Å². The second-order valence-electron chi connectivity index (χ2n) is 6.39. The van der Waals surface area contributed by atoms with Crippen LogP contribution in [0, 0.1) is 0 Å². The molecule has 0 bridgehead atoms. The average molecular weight is 485 g/mol. The van der Waals surface area contributed by atoms with Crippen LogP contribution >= 0.6 is 34.9 Å². The number of nitrogens with one attached hydrogen (secondary N) is 1. The van der Waals surface area contributed by atoms with E-state index in [2.05, 4.69) is 10.3 Å². The number of thiophene rings is 1. The van der Waals surface area contributed by atoms with Gasteiger partial charge in [0.2, 0.25) is 0 Å². The smallest absolute Gasteiger partial charge is 0.407 e. The molecule has 0 aliphatic carbocycles. The van der Waals surface area contributed by atoms with E-state index in [-0.39, 0.29) is 5.25 Å². The van der Waals surface area contributed by atoms with E-state index >= 15 is 0 Å². The van der Waals surface area contributed by atoms with Gasteiger partial charge >= 0.3 is 12.3 Å². The Hall–Kier alpha value is -2.17. The first-order valence-corrected chi connectivity index (χ1v) is 12.0. The van der Waals surface area contributed by atoms with Crippen molar-refractivity contribution < 1.29 is 22.7 Å². The highest BCUT2D eigenvalue weighted by Gasteiger charge is 2.30. The van der Waals surface area contributed by atoms with Crippen LogP contribution in [0.2, 0.25) is 0 Å². The molecule has 0 saturated carbocycles. The quantitative estimate of drug-likeness (QED) is 0.360. The van der Waals surface area contributed by atoms with Gasteiger partial charge in [-0.1, -0.05) is 19.1 Å². The lowest BCUT2D eigenvalue weighted by atomic mass is 10.2. The fourth-order valence-corrected chi connectivity index (χ4v) is 5.20. The number of hydrogen-bond donors (Lipinski definition) is 1. The maximum Gasteiger partial charge on any atom is 0.416 e. The fraction of sp³-hybridized carbons (Fsp3) is 0.238. The molecule has 10 heteroatoms. The van der Waals surface area contributed by atoms with Gasteiger partial charge in [0.1, 0.15) is 5.03 Å². The molecule has 1 atom stereocenters. The Bertz CT molecular complexity index is 998. The lowest BCUT2D eigenvalue weighted by Crippen LogP contribution is -2.26. The van der Waals surface area contributed by atoms with Crippen LogP contribution in [0.25, 0.3) is 0 Å². The third-order valence-corrected chi connectivity index (χ3v) is 7.31. The van der Waals surface area contributed by atoms with Gasteiger partial charge in [0.05, 0.1) is 12.1 Å². The molecule has 1 amide bonds. The number of hydrogen-bond acceptors (Lipinski definition) is 6. The molecule has 2 aromatic heterocycles. The normalized spacial score (nSPS) is 12.4. The Labute approximate surface area is 190 Å². The van der Waals surface area contributed by atoms with E-state index in [1.807, 2.05) is 24.4 Å². The third-order valence-electron chi connectivity index (χ3n) is 3.88. The van der Waals surface area contributed by atoms with E-state index in [4.69, 9.17) is 4.74 Å². The standard InChI is InChI=1S/C21H19F3N2O2S3/c1-14(31-16-6-2-5-15(11-16)21(22,23)24)13-30-19-18(8-3-9-25-19)28-20(27)26-12-17-7-4-10-29-17/h2-11,14H,12-13H2,1H3,(H,26,27). The van der Waals surface area contributed by atoms with Crippen molar-refractivity contribution in [3.8, 4) is 5.75 Å². The summed E-state index contributed by atoms with van der Waals surface area (Å²) in [5.41, 5.74) is -0.661. The lowest BCUT2D eigenvalue weighted by molar-refractivity contribution is -0.137. The monoisotopic (exact) mass is 484 g/mol. The van der Waals surface area contributed by atoms with Gasteiger partial charge in [0.15, 0.2) is 5.75 Å². The Kier molecular flexibility index (Phi) is 8.28. The molecule has 4 nitrogen and oxygen atoms in total. The fourth-order valence-electron chi connectivity index (χ4n) is 2.48. The predicted octanol–water partition coefficient (Wildman–Crippen LogP) is 6.72. The maximum absolute atomic E-state index is 12.9. The van der Waals surface area contributed by atoms with E-state index in [1.54, 1.807) is 24.4 Å². The zero-order valence-electron chi connectivity index (χ0n) is 16.4. The van der Waals surface area contributed by atoms with E-state index in [1.165, 1.54) is 40.9 Å². The van der Waals surface area contributed by atoms with Gasteiger partial charge < -0.3 is 10.1 Å². The van der Waals surface area contributed by atoms with Crippen LogP contribution in [0.3, 0.4) is 0 Å². The van der Waals surface area contributed by atoms with Gasteiger partial charge in [-0.25, -0.2) is 9.78 Å². The molecular formula is C21H19F3N2O2S3. The largest absolute Gasteiger partial charge is 0.416 e. The molecule has 0 fully saturated rings. The van der Waals surface area contributed by atoms with Crippen molar-refractivity contribution >= 4 is 41.0 Å². The highest BCUT2D eigenvalue weighted by molar-refractivity contribution is 8.03. The number of thioether (sulfide) groups is 2. The molecule has 2 heterocycles. The minimum atomic E-state index is -4.36. The number of rotatable bonds is 8. The Morgan fingerprint density at radius 2 is 2.06 bits per heavy atom. The van der Waals surface area contributed by atoms with Gasteiger partial charge in [-0.2, -0.15) is 13.2 Å². The molecule has 0 aliphatic heterocycles. The summed E-state index contributed by atoms with van der Waals surface area (Å²) in [5.74, 6) is 0.915. The Morgan fingerprint density at radius 1 is 1.23 bits per heavy atom. The van der Waals surface area contributed by atoms with Gasteiger partial charge in [0.25, 0.3) is 0 Å². The summed E-state index contributed by atoms with van der Waals surface area (Å²) in [4.78, 5) is 17.9. The third kappa shape index (κ3) is 7.48. The molecule has 1 unspecified atom stereocenters. The number of nitrogens with zero attached hydrogens (tertiary/aromatic N) is 1. The second-order valence-corrected chi connectivity index (χ2v) is 9.95.